The maximum atomic E-state index is 5.26. The molecule has 0 aliphatic heterocycles. The summed E-state index contributed by atoms with van der Waals surface area (Å²) in [6, 6.07) is 3.64. The zero-order chi connectivity index (χ0) is 15.6. The van der Waals surface area contributed by atoms with E-state index in [1.54, 1.807) is 13.3 Å². The molecule has 0 radical (unpaired) electrons. The van der Waals surface area contributed by atoms with Gasteiger partial charge in [-0.3, -0.25) is 10.1 Å². The normalized spacial score (nSPS) is 11.6. The number of hydrogen-bond acceptors (Lipinski definition) is 5. The van der Waals surface area contributed by atoms with Crippen LogP contribution in [0.25, 0.3) is 11.6 Å². The van der Waals surface area contributed by atoms with E-state index >= 15 is 0 Å². The van der Waals surface area contributed by atoms with Crippen molar-refractivity contribution in [1.29, 1.82) is 0 Å². The topological polar surface area (TPSA) is 91.1 Å². The number of H-pyrrole nitrogens is 1. The van der Waals surface area contributed by atoms with E-state index in [2.05, 4.69) is 37.1 Å². The lowest BCUT2D eigenvalue weighted by molar-refractivity contribution is 0.577. The maximum Gasteiger partial charge on any atom is 0.216 e. The van der Waals surface area contributed by atoms with Crippen LogP contribution in [0.1, 0.15) is 18.7 Å². The van der Waals surface area contributed by atoms with Crippen LogP contribution in [-0.2, 0) is 6.54 Å². The van der Waals surface area contributed by atoms with Gasteiger partial charge in [-0.15, -0.1) is 5.10 Å². The van der Waals surface area contributed by atoms with Crippen LogP contribution >= 0.6 is 11.8 Å². The summed E-state index contributed by atoms with van der Waals surface area (Å²) in [5.41, 5.74) is 0. The highest BCUT2D eigenvalue weighted by Gasteiger charge is 2.08. The second-order valence-corrected chi connectivity index (χ2v) is 5.62. The molecule has 120 valence electrons. The molecule has 0 bridgehead atoms. The Bertz CT molecular complexity index is 566. The van der Waals surface area contributed by atoms with Crippen molar-refractivity contribution in [3.8, 4) is 11.6 Å². The standard InChI is InChI=1S/C14H22N6OS/c1-15-14(16-7-3-4-9-22-2)17-10-12-18-13(20-19-12)11-6-5-8-21-11/h5-6,8H,3-4,7,9-10H2,1-2H3,(H2,15,16,17)(H,18,19,20). The summed E-state index contributed by atoms with van der Waals surface area (Å²) in [4.78, 5) is 8.56. The van der Waals surface area contributed by atoms with E-state index in [9.17, 15) is 0 Å². The fraction of sp³-hybridized carbons (Fsp3) is 0.500. The molecule has 2 rings (SSSR count). The Morgan fingerprint density at radius 1 is 1.41 bits per heavy atom. The summed E-state index contributed by atoms with van der Waals surface area (Å²) in [5, 5.41) is 13.5. The van der Waals surface area contributed by atoms with E-state index in [1.165, 1.54) is 12.2 Å². The van der Waals surface area contributed by atoms with Gasteiger partial charge in [0.25, 0.3) is 0 Å². The van der Waals surface area contributed by atoms with Gasteiger partial charge in [-0.25, -0.2) is 4.98 Å². The first-order chi connectivity index (χ1) is 10.8. The van der Waals surface area contributed by atoms with Crippen LogP contribution in [-0.4, -0.2) is 46.7 Å². The molecule has 0 atom stereocenters. The van der Waals surface area contributed by atoms with Crippen LogP contribution in [0.4, 0.5) is 0 Å². The summed E-state index contributed by atoms with van der Waals surface area (Å²) in [7, 11) is 1.76. The Kier molecular flexibility index (Phi) is 6.82. The average molecular weight is 322 g/mol. The molecule has 0 aliphatic rings. The number of nitrogens with one attached hydrogen (secondary N) is 3. The molecule has 22 heavy (non-hydrogen) atoms. The second kappa shape index (κ2) is 9.14. The molecule has 0 amide bonds. The van der Waals surface area contributed by atoms with Gasteiger partial charge < -0.3 is 15.1 Å². The summed E-state index contributed by atoms with van der Waals surface area (Å²) in [5.74, 6) is 3.90. The highest BCUT2D eigenvalue weighted by atomic mass is 32.2. The van der Waals surface area contributed by atoms with Crippen LogP contribution in [0.3, 0.4) is 0 Å². The summed E-state index contributed by atoms with van der Waals surface area (Å²) in [6.07, 6.45) is 6.07. The van der Waals surface area contributed by atoms with E-state index in [0.717, 1.165) is 24.7 Å². The van der Waals surface area contributed by atoms with Crippen molar-refractivity contribution in [2.75, 3.05) is 25.6 Å². The minimum absolute atomic E-state index is 0.526. The van der Waals surface area contributed by atoms with E-state index < -0.39 is 0 Å². The van der Waals surface area contributed by atoms with Crippen molar-refractivity contribution in [2.45, 2.75) is 19.4 Å². The number of hydrogen-bond donors (Lipinski definition) is 3. The summed E-state index contributed by atoms with van der Waals surface area (Å²) < 4.78 is 5.26. The third kappa shape index (κ3) is 5.10. The lowest BCUT2D eigenvalue weighted by atomic mass is 10.3. The molecule has 2 heterocycles. The van der Waals surface area contributed by atoms with Crippen molar-refractivity contribution in [3.05, 3.63) is 24.2 Å². The monoisotopic (exact) mass is 322 g/mol. The molecule has 0 spiro atoms. The number of aromatic nitrogens is 3. The van der Waals surface area contributed by atoms with Gasteiger partial charge in [0.1, 0.15) is 5.82 Å². The number of thioether (sulfide) groups is 1. The molecule has 0 saturated carbocycles. The lowest BCUT2D eigenvalue weighted by Gasteiger charge is -2.10. The highest BCUT2D eigenvalue weighted by molar-refractivity contribution is 7.98. The third-order valence-corrected chi connectivity index (χ3v) is 3.68. The zero-order valence-electron chi connectivity index (χ0n) is 12.9. The molecule has 0 fully saturated rings. The summed E-state index contributed by atoms with van der Waals surface area (Å²) >= 11 is 1.87. The van der Waals surface area contributed by atoms with Crippen LogP contribution < -0.4 is 10.6 Å². The van der Waals surface area contributed by atoms with Gasteiger partial charge in [0.05, 0.1) is 12.8 Å². The highest BCUT2D eigenvalue weighted by Crippen LogP contribution is 2.14. The Morgan fingerprint density at radius 3 is 3.05 bits per heavy atom. The molecule has 3 N–H and O–H groups in total. The first-order valence-electron chi connectivity index (χ1n) is 7.22. The average Bonchev–Trinajstić information content (AvgIpc) is 3.20. The van der Waals surface area contributed by atoms with E-state index in [-0.39, 0.29) is 0 Å². The minimum Gasteiger partial charge on any atom is -0.461 e. The number of guanidine groups is 1. The molecular formula is C14H22N6OS. The smallest absolute Gasteiger partial charge is 0.216 e. The van der Waals surface area contributed by atoms with Crippen molar-refractivity contribution >= 4 is 17.7 Å². The number of nitrogens with zero attached hydrogens (tertiary/aromatic N) is 3. The Hall–Kier alpha value is -1.96. The number of unbranched alkanes of at least 4 members (excludes halogenated alkanes) is 1. The van der Waals surface area contributed by atoms with Crippen molar-refractivity contribution < 1.29 is 4.42 Å². The molecule has 2 aromatic rings. The van der Waals surface area contributed by atoms with Gasteiger partial charge in [-0.05, 0) is 37.0 Å². The fourth-order valence-electron chi connectivity index (χ4n) is 1.86. The van der Waals surface area contributed by atoms with Crippen molar-refractivity contribution in [3.63, 3.8) is 0 Å². The number of furan rings is 1. The van der Waals surface area contributed by atoms with Crippen LogP contribution in [0.5, 0.6) is 0 Å². The molecule has 7 nitrogen and oxygen atoms in total. The van der Waals surface area contributed by atoms with Crippen molar-refractivity contribution in [2.24, 2.45) is 4.99 Å². The molecule has 8 heteroatoms. The van der Waals surface area contributed by atoms with E-state index in [4.69, 9.17) is 4.42 Å². The van der Waals surface area contributed by atoms with E-state index in [0.29, 0.717) is 18.1 Å². The van der Waals surface area contributed by atoms with Gasteiger partial charge >= 0.3 is 0 Å². The SMILES string of the molecule is CN=C(NCCCCSC)NCc1nc(-c2ccco2)n[nH]1. The summed E-state index contributed by atoms with van der Waals surface area (Å²) in [6.45, 7) is 1.44. The molecule has 0 aliphatic carbocycles. The fourth-order valence-corrected chi connectivity index (χ4v) is 2.35. The molecular weight excluding hydrogens is 300 g/mol. The second-order valence-electron chi connectivity index (χ2n) is 4.64. The van der Waals surface area contributed by atoms with Crippen LogP contribution in [0.15, 0.2) is 27.8 Å². The first kappa shape index (κ1) is 16.4. The Labute approximate surface area is 134 Å². The van der Waals surface area contributed by atoms with Gasteiger partial charge in [-0.2, -0.15) is 11.8 Å². The van der Waals surface area contributed by atoms with Crippen molar-refractivity contribution in [1.82, 2.24) is 25.8 Å². The van der Waals surface area contributed by atoms with Gasteiger partial charge in [-0.1, -0.05) is 0 Å². The molecule has 0 saturated heterocycles. The van der Waals surface area contributed by atoms with Gasteiger partial charge in [0.15, 0.2) is 11.7 Å². The maximum absolute atomic E-state index is 5.26. The lowest BCUT2D eigenvalue weighted by Crippen LogP contribution is -2.37. The number of aliphatic imine (C=N–C) groups is 1. The molecule has 2 aromatic heterocycles. The first-order valence-corrected chi connectivity index (χ1v) is 8.61. The zero-order valence-corrected chi connectivity index (χ0v) is 13.7. The van der Waals surface area contributed by atoms with Gasteiger partial charge in [0, 0.05) is 13.6 Å². The number of aromatic amines is 1. The van der Waals surface area contributed by atoms with Gasteiger partial charge in [0.2, 0.25) is 5.82 Å². The predicted molar refractivity (Wildman–Crippen MR) is 89.9 cm³/mol. The third-order valence-electron chi connectivity index (χ3n) is 2.99. The Balaban J connectivity index is 1.74. The molecule has 0 unspecified atom stereocenters. The minimum atomic E-state index is 0.526. The van der Waals surface area contributed by atoms with Crippen LogP contribution in [0, 0.1) is 0 Å². The molecule has 0 aromatic carbocycles. The predicted octanol–water partition coefficient (Wildman–Crippen LogP) is 1.87. The largest absolute Gasteiger partial charge is 0.461 e. The van der Waals surface area contributed by atoms with Crippen LogP contribution in [0.2, 0.25) is 0 Å². The number of rotatable bonds is 8. The quantitative estimate of drug-likeness (QED) is 0.390. The Morgan fingerprint density at radius 2 is 2.32 bits per heavy atom. The van der Waals surface area contributed by atoms with E-state index in [1.807, 2.05) is 23.9 Å².